The van der Waals surface area contributed by atoms with E-state index in [0.717, 1.165) is 52.0 Å². The number of carbonyl (C=O) groups is 2. The molecule has 4 rings (SSSR count). The van der Waals surface area contributed by atoms with Gasteiger partial charge in [0.25, 0.3) is 5.91 Å². The lowest BCUT2D eigenvalue weighted by atomic mass is 9.94. The molecule has 1 aromatic carbocycles. The van der Waals surface area contributed by atoms with E-state index in [4.69, 9.17) is 4.42 Å². The lowest BCUT2D eigenvalue weighted by Crippen LogP contribution is -2.52. The predicted octanol–water partition coefficient (Wildman–Crippen LogP) is 2.52. The average molecular weight is 396 g/mol. The molecule has 0 aliphatic carbocycles. The van der Waals surface area contributed by atoms with Gasteiger partial charge in [0.15, 0.2) is 5.76 Å². The van der Waals surface area contributed by atoms with Gasteiger partial charge in [-0.05, 0) is 37.0 Å². The Balaban J connectivity index is 1.20. The maximum Gasteiger partial charge on any atom is 0.289 e. The number of hydrogen-bond acceptors (Lipinski definition) is 4. The van der Waals surface area contributed by atoms with Gasteiger partial charge in [0.2, 0.25) is 5.91 Å². The highest BCUT2D eigenvalue weighted by molar-refractivity contribution is 5.91. The number of furan rings is 1. The summed E-state index contributed by atoms with van der Waals surface area (Å²) < 4.78 is 5.21. The molecular formula is C23H29N3O3. The van der Waals surface area contributed by atoms with Crippen molar-refractivity contribution in [1.82, 2.24) is 14.7 Å². The summed E-state index contributed by atoms with van der Waals surface area (Å²) in [6.45, 7) is 5.76. The van der Waals surface area contributed by atoms with Crippen molar-refractivity contribution >= 4 is 11.8 Å². The number of carbonyl (C=O) groups excluding carboxylic acids is 2. The summed E-state index contributed by atoms with van der Waals surface area (Å²) in [5.41, 5.74) is 1.36. The highest BCUT2D eigenvalue weighted by atomic mass is 16.3. The zero-order valence-corrected chi connectivity index (χ0v) is 16.8. The van der Waals surface area contributed by atoms with Crippen molar-refractivity contribution < 1.29 is 14.0 Å². The number of nitrogens with zero attached hydrogens (tertiary/aromatic N) is 3. The van der Waals surface area contributed by atoms with E-state index in [9.17, 15) is 9.59 Å². The van der Waals surface area contributed by atoms with Crippen LogP contribution < -0.4 is 0 Å². The van der Waals surface area contributed by atoms with E-state index in [0.29, 0.717) is 18.8 Å². The molecule has 1 aromatic heterocycles. The van der Waals surface area contributed by atoms with E-state index >= 15 is 0 Å². The van der Waals surface area contributed by atoms with Crippen LogP contribution in [0.4, 0.5) is 0 Å². The van der Waals surface area contributed by atoms with Gasteiger partial charge in [-0.25, -0.2) is 0 Å². The van der Waals surface area contributed by atoms with Gasteiger partial charge in [0.1, 0.15) is 0 Å². The Morgan fingerprint density at radius 2 is 1.59 bits per heavy atom. The number of benzene rings is 1. The summed E-state index contributed by atoms with van der Waals surface area (Å²) in [5, 5.41) is 0. The van der Waals surface area contributed by atoms with Crippen molar-refractivity contribution in [3.63, 3.8) is 0 Å². The van der Waals surface area contributed by atoms with Crippen LogP contribution in [0.2, 0.25) is 0 Å². The van der Waals surface area contributed by atoms with Gasteiger partial charge in [-0.2, -0.15) is 0 Å². The second-order valence-corrected chi connectivity index (χ2v) is 7.95. The Labute approximate surface area is 172 Å². The summed E-state index contributed by atoms with van der Waals surface area (Å²) in [7, 11) is 0. The van der Waals surface area contributed by atoms with Crippen molar-refractivity contribution in [2.45, 2.75) is 19.3 Å². The summed E-state index contributed by atoms with van der Waals surface area (Å²) in [5.74, 6) is 0.596. The average Bonchev–Trinajstić information content (AvgIpc) is 3.33. The second-order valence-electron chi connectivity index (χ2n) is 7.95. The number of likely N-dealkylation sites (tertiary alicyclic amines) is 1. The molecule has 3 heterocycles. The molecule has 0 saturated carbocycles. The first-order valence-corrected chi connectivity index (χ1v) is 10.6. The van der Waals surface area contributed by atoms with Crippen molar-refractivity contribution in [3.8, 4) is 0 Å². The fourth-order valence-electron chi connectivity index (χ4n) is 4.27. The molecule has 6 nitrogen and oxygen atoms in total. The highest BCUT2D eigenvalue weighted by Crippen LogP contribution is 2.22. The van der Waals surface area contributed by atoms with E-state index in [-0.39, 0.29) is 17.7 Å². The number of rotatable bonds is 5. The SMILES string of the molecule is O=C(c1ccco1)N1CCC(C(=O)N2CCN(CCc3ccccc3)CC2)CC1. The predicted molar refractivity (Wildman–Crippen MR) is 111 cm³/mol. The highest BCUT2D eigenvalue weighted by Gasteiger charge is 2.32. The van der Waals surface area contributed by atoms with E-state index in [1.807, 2.05) is 11.0 Å². The molecule has 0 unspecified atom stereocenters. The molecule has 2 saturated heterocycles. The first kappa shape index (κ1) is 19.7. The molecule has 2 amide bonds. The summed E-state index contributed by atoms with van der Waals surface area (Å²) >= 11 is 0. The number of piperazine rings is 1. The van der Waals surface area contributed by atoms with Gasteiger partial charge in [0, 0.05) is 51.7 Å². The van der Waals surface area contributed by atoms with Gasteiger partial charge in [-0.1, -0.05) is 30.3 Å². The Kier molecular flexibility index (Phi) is 6.30. The van der Waals surface area contributed by atoms with Crippen molar-refractivity contribution in [2.24, 2.45) is 5.92 Å². The van der Waals surface area contributed by atoms with Crippen LogP contribution in [-0.4, -0.2) is 72.3 Å². The quantitative estimate of drug-likeness (QED) is 0.781. The third-order valence-electron chi connectivity index (χ3n) is 6.11. The normalized spacial score (nSPS) is 18.8. The first-order valence-electron chi connectivity index (χ1n) is 10.6. The molecular weight excluding hydrogens is 366 g/mol. The molecule has 6 heteroatoms. The van der Waals surface area contributed by atoms with Crippen molar-refractivity contribution in [2.75, 3.05) is 45.8 Å². The van der Waals surface area contributed by atoms with Crippen molar-refractivity contribution in [1.29, 1.82) is 0 Å². The molecule has 0 N–H and O–H groups in total. The lowest BCUT2D eigenvalue weighted by molar-refractivity contribution is -0.138. The van der Waals surface area contributed by atoms with Crippen LogP contribution in [0.25, 0.3) is 0 Å². The monoisotopic (exact) mass is 395 g/mol. The van der Waals surface area contributed by atoms with Crippen molar-refractivity contribution in [3.05, 3.63) is 60.1 Å². The van der Waals surface area contributed by atoms with Gasteiger partial charge in [-0.3, -0.25) is 14.5 Å². The molecule has 2 aromatic rings. The van der Waals surface area contributed by atoms with Crippen LogP contribution in [0, 0.1) is 5.92 Å². The largest absolute Gasteiger partial charge is 0.459 e. The molecule has 0 spiro atoms. The summed E-state index contributed by atoms with van der Waals surface area (Å²) in [6.07, 6.45) is 4.04. The molecule has 29 heavy (non-hydrogen) atoms. The smallest absolute Gasteiger partial charge is 0.289 e. The van der Waals surface area contributed by atoms with E-state index in [1.165, 1.54) is 11.8 Å². The van der Waals surface area contributed by atoms with Gasteiger partial charge in [-0.15, -0.1) is 0 Å². The van der Waals surface area contributed by atoms with E-state index < -0.39 is 0 Å². The zero-order valence-electron chi connectivity index (χ0n) is 16.8. The Hall–Kier alpha value is -2.60. The molecule has 2 aliphatic heterocycles. The Morgan fingerprint density at radius 1 is 0.862 bits per heavy atom. The minimum absolute atomic E-state index is 0.0338. The topological polar surface area (TPSA) is 57.0 Å². The Bertz CT molecular complexity index is 790. The van der Waals surface area contributed by atoms with Crippen LogP contribution in [0.5, 0.6) is 0 Å². The van der Waals surface area contributed by atoms with E-state index in [2.05, 4.69) is 29.2 Å². The summed E-state index contributed by atoms with van der Waals surface area (Å²) in [6, 6.07) is 14.0. The standard InChI is InChI=1S/C23H29N3O3/c27-22(20-9-12-25(13-10-20)23(28)21-7-4-18-29-21)26-16-14-24(15-17-26)11-8-19-5-2-1-3-6-19/h1-7,18,20H,8-17H2. The zero-order chi connectivity index (χ0) is 20.1. The number of piperidine rings is 1. The second kappa shape index (κ2) is 9.27. The third-order valence-corrected chi connectivity index (χ3v) is 6.11. The fourth-order valence-corrected chi connectivity index (χ4v) is 4.27. The maximum atomic E-state index is 12.9. The number of amides is 2. The minimum atomic E-state index is -0.0760. The van der Waals surface area contributed by atoms with Crippen LogP contribution in [0.3, 0.4) is 0 Å². The maximum absolute atomic E-state index is 12.9. The van der Waals surface area contributed by atoms with Crippen LogP contribution in [0.15, 0.2) is 53.1 Å². The third kappa shape index (κ3) is 4.88. The molecule has 0 atom stereocenters. The molecule has 154 valence electrons. The van der Waals surface area contributed by atoms with Crippen LogP contribution in [0.1, 0.15) is 29.0 Å². The van der Waals surface area contributed by atoms with E-state index in [1.54, 1.807) is 17.0 Å². The van der Waals surface area contributed by atoms with Crippen LogP contribution in [-0.2, 0) is 11.2 Å². The molecule has 0 bridgehead atoms. The van der Waals surface area contributed by atoms with Gasteiger partial charge >= 0.3 is 0 Å². The fraction of sp³-hybridized carbons (Fsp3) is 0.478. The molecule has 0 radical (unpaired) electrons. The molecule has 2 aliphatic rings. The lowest BCUT2D eigenvalue weighted by Gasteiger charge is -2.38. The summed E-state index contributed by atoms with van der Waals surface area (Å²) in [4.78, 5) is 31.6. The Morgan fingerprint density at radius 3 is 2.24 bits per heavy atom. The molecule has 2 fully saturated rings. The van der Waals surface area contributed by atoms with Crippen LogP contribution >= 0.6 is 0 Å². The van der Waals surface area contributed by atoms with Gasteiger partial charge < -0.3 is 14.2 Å². The number of hydrogen-bond donors (Lipinski definition) is 0. The first-order chi connectivity index (χ1) is 14.2. The van der Waals surface area contributed by atoms with Gasteiger partial charge in [0.05, 0.1) is 6.26 Å². The minimum Gasteiger partial charge on any atom is -0.459 e.